The second kappa shape index (κ2) is 10.5. The molecule has 6 nitrogen and oxygen atoms in total. The molecule has 4 aromatic rings. The van der Waals surface area contributed by atoms with Crippen molar-refractivity contribution in [1.29, 1.82) is 0 Å². The van der Waals surface area contributed by atoms with Gasteiger partial charge in [-0.05, 0) is 54.1 Å². The second-order valence-electron chi connectivity index (χ2n) is 6.74. The molecule has 3 aromatic carbocycles. The van der Waals surface area contributed by atoms with Gasteiger partial charge in [-0.1, -0.05) is 47.5 Å². The molecule has 33 heavy (non-hydrogen) atoms. The van der Waals surface area contributed by atoms with Gasteiger partial charge in [-0.15, -0.1) is 11.3 Å². The standard InChI is InChI=1S/C24H16Cl2N2O4S/c25-16-4-3-5-18(12-16)31-14-21(29)28-27-13-15-8-10-17(11-9-15)32-24(30)23-22(26)19-6-1-2-7-20(19)33-23/h1-13H,14H2,(H,28,29)/b27-13-. The van der Waals surface area contributed by atoms with E-state index >= 15 is 0 Å². The van der Waals surface area contributed by atoms with Crippen molar-refractivity contribution in [2.75, 3.05) is 6.61 Å². The van der Waals surface area contributed by atoms with Gasteiger partial charge in [-0.2, -0.15) is 5.10 Å². The Labute approximate surface area is 203 Å². The van der Waals surface area contributed by atoms with Gasteiger partial charge in [0, 0.05) is 15.1 Å². The summed E-state index contributed by atoms with van der Waals surface area (Å²) in [6.07, 6.45) is 1.46. The SMILES string of the molecule is O=C(COc1cccc(Cl)c1)N/N=C\c1ccc(OC(=O)c2sc3ccccc3c2Cl)cc1. The van der Waals surface area contributed by atoms with Crippen LogP contribution < -0.4 is 14.9 Å². The molecule has 0 saturated heterocycles. The molecule has 0 bridgehead atoms. The summed E-state index contributed by atoms with van der Waals surface area (Å²) in [7, 11) is 0. The zero-order valence-electron chi connectivity index (χ0n) is 17.0. The number of ether oxygens (including phenoxy) is 2. The Morgan fingerprint density at radius 3 is 2.52 bits per heavy atom. The lowest BCUT2D eigenvalue weighted by Crippen LogP contribution is -2.24. The van der Waals surface area contributed by atoms with E-state index < -0.39 is 11.9 Å². The average Bonchev–Trinajstić information content (AvgIpc) is 3.16. The van der Waals surface area contributed by atoms with Crippen LogP contribution in [0.3, 0.4) is 0 Å². The molecule has 0 aliphatic rings. The minimum Gasteiger partial charge on any atom is -0.484 e. The van der Waals surface area contributed by atoms with E-state index in [0.717, 1.165) is 10.1 Å². The van der Waals surface area contributed by atoms with Gasteiger partial charge >= 0.3 is 5.97 Å². The summed E-state index contributed by atoms with van der Waals surface area (Å²) in [5, 5.41) is 5.62. The first-order chi connectivity index (χ1) is 16.0. The second-order valence-corrected chi connectivity index (χ2v) is 8.61. The zero-order chi connectivity index (χ0) is 23.2. The molecule has 1 heterocycles. The molecule has 1 N–H and O–H groups in total. The molecule has 0 aliphatic carbocycles. The summed E-state index contributed by atoms with van der Waals surface area (Å²) >= 11 is 13.5. The van der Waals surface area contributed by atoms with Crippen LogP contribution in [-0.2, 0) is 4.79 Å². The van der Waals surface area contributed by atoms with Gasteiger partial charge in [-0.25, -0.2) is 10.2 Å². The lowest BCUT2D eigenvalue weighted by Gasteiger charge is -2.05. The van der Waals surface area contributed by atoms with Crippen LogP contribution in [0.4, 0.5) is 0 Å². The maximum atomic E-state index is 12.5. The summed E-state index contributed by atoms with van der Waals surface area (Å²) in [5.41, 5.74) is 3.08. The Balaban J connectivity index is 1.29. The molecule has 0 fully saturated rings. The third-order valence-corrected chi connectivity index (χ3v) is 6.27. The number of fused-ring (bicyclic) bond motifs is 1. The monoisotopic (exact) mass is 498 g/mol. The fourth-order valence-electron chi connectivity index (χ4n) is 2.84. The van der Waals surface area contributed by atoms with Crippen molar-refractivity contribution >= 4 is 62.7 Å². The van der Waals surface area contributed by atoms with Crippen LogP contribution in [-0.4, -0.2) is 24.7 Å². The maximum absolute atomic E-state index is 12.5. The van der Waals surface area contributed by atoms with Crippen molar-refractivity contribution in [3.05, 3.63) is 93.3 Å². The molecule has 0 atom stereocenters. The number of hydrazone groups is 1. The number of hydrogen-bond acceptors (Lipinski definition) is 6. The van der Waals surface area contributed by atoms with Crippen molar-refractivity contribution in [1.82, 2.24) is 5.43 Å². The number of carbonyl (C=O) groups is 2. The van der Waals surface area contributed by atoms with E-state index in [1.807, 2.05) is 24.3 Å². The van der Waals surface area contributed by atoms with E-state index in [2.05, 4.69) is 10.5 Å². The molecule has 0 radical (unpaired) electrons. The number of benzene rings is 3. The smallest absolute Gasteiger partial charge is 0.355 e. The summed E-state index contributed by atoms with van der Waals surface area (Å²) in [5.74, 6) is -0.0834. The van der Waals surface area contributed by atoms with Crippen LogP contribution in [0, 0.1) is 0 Å². The van der Waals surface area contributed by atoms with Crippen LogP contribution in [0.15, 0.2) is 77.9 Å². The highest BCUT2D eigenvalue weighted by atomic mass is 35.5. The van der Waals surface area contributed by atoms with Gasteiger partial charge in [0.05, 0.1) is 11.2 Å². The highest BCUT2D eigenvalue weighted by molar-refractivity contribution is 7.21. The highest BCUT2D eigenvalue weighted by Crippen LogP contribution is 2.35. The number of rotatable bonds is 7. The first-order valence-corrected chi connectivity index (χ1v) is 11.3. The molecular weight excluding hydrogens is 483 g/mol. The van der Waals surface area contributed by atoms with Crippen LogP contribution in [0.5, 0.6) is 11.5 Å². The van der Waals surface area contributed by atoms with Crippen LogP contribution in [0.25, 0.3) is 10.1 Å². The van der Waals surface area contributed by atoms with E-state index in [-0.39, 0.29) is 6.61 Å². The summed E-state index contributed by atoms with van der Waals surface area (Å²) in [6, 6.07) is 20.9. The van der Waals surface area contributed by atoms with Crippen LogP contribution in [0.1, 0.15) is 15.2 Å². The topological polar surface area (TPSA) is 77.0 Å². The fourth-order valence-corrected chi connectivity index (χ4v) is 4.40. The number of carbonyl (C=O) groups excluding carboxylic acids is 2. The molecule has 166 valence electrons. The normalized spacial score (nSPS) is 11.0. The van der Waals surface area contributed by atoms with Gasteiger partial charge < -0.3 is 9.47 Å². The maximum Gasteiger partial charge on any atom is 0.355 e. The lowest BCUT2D eigenvalue weighted by atomic mass is 10.2. The lowest BCUT2D eigenvalue weighted by molar-refractivity contribution is -0.123. The van der Waals surface area contributed by atoms with Gasteiger partial charge in [0.15, 0.2) is 6.61 Å². The Hall–Kier alpha value is -3.39. The number of esters is 1. The van der Waals surface area contributed by atoms with Gasteiger partial charge in [0.2, 0.25) is 0 Å². The molecule has 1 amide bonds. The number of nitrogens with one attached hydrogen (secondary N) is 1. The van der Waals surface area contributed by atoms with Gasteiger partial charge in [-0.3, -0.25) is 4.79 Å². The first-order valence-electron chi connectivity index (χ1n) is 9.69. The minimum absolute atomic E-state index is 0.202. The Kier molecular flexibility index (Phi) is 7.24. The number of nitrogens with zero attached hydrogens (tertiary/aromatic N) is 1. The molecule has 0 spiro atoms. The minimum atomic E-state index is -0.519. The fraction of sp³-hybridized carbons (Fsp3) is 0.0417. The average molecular weight is 499 g/mol. The third kappa shape index (κ3) is 5.90. The van der Waals surface area contributed by atoms with E-state index in [0.29, 0.717) is 32.0 Å². The van der Waals surface area contributed by atoms with Crippen LogP contribution >= 0.6 is 34.5 Å². The molecule has 4 rings (SSSR count). The third-order valence-electron chi connectivity index (χ3n) is 4.38. The van der Waals surface area contributed by atoms with E-state index in [4.69, 9.17) is 32.7 Å². The molecule has 0 unspecified atom stereocenters. The van der Waals surface area contributed by atoms with Crippen molar-refractivity contribution in [2.45, 2.75) is 0 Å². The molecule has 0 saturated carbocycles. The number of thiophene rings is 1. The van der Waals surface area contributed by atoms with Gasteiger partial charge in [0.1, 0.15) is 16.4 Å². The van der Waals surface area contributed by atoms with Crippen LogP contribution in [0.2, 0.25) is 10.0 Å². The first kappa shape index (κ1) is 22.8. The van der Waals surface area contributed by atoms with E-state index in [9.17, 15) is 9.59 Å². The predicted octanol–water partition coefficient (Wildman–Crippen LogP) is 5.96. The molecular formula is C24H16Cl2N2O4S. The zero-order valence-corrected chi connectivity index (χ0v) is 19.3. The summed E-state index contributed by atoms with van der Waals surface area (Å²) in [6.45, 7) is -0.202. The number of halogens is 2. The summed E-state index contributed by atoms with van der Waals surface area (Å²) < 4.78 is 11.7. The Bertz CT molecular complexity index is 1340. The Morgan fingerprint density at radius 2 is 1.76 bits per heavy atom. The molecule has 9 heteroatoms. The van der Waals surface area contributed by atoms with Crippen molar-refractivity contribution in [3.8, 4) is 11.5 Å². The van der Waals surface area contributed by atoms with Crippen molar-refractivity contribution in [2.24, 2.45) is 5.10 Å². The Morgan fingerprint density at radius 1 is 0.970 bits per heavy atom. The number of amides is 1. The van der Waals surface area contributed by atoms with Crippen molar-refractivity contribution < 1.29 is 19.1 Å². The van der Waals surface area contributed by atoms with Gasteiger partial charge in [0.25, 0.3) is 5.91 Å². The quantitative estimate of drug-likeness (QED) is 0.147. The molecule has 0 aliphatic heterocycles. The number of hydrogen-bond donors (Lipinski definition) is 1. The van der Waals surface area contributed by atoms with E-state index in [1.165, 1.54) is 17.6 Å². The van der Waals surface area contributed by atoms with E-state index in [1.54, 1.807) is 48.5 Å². The molecule has 1 aromatic heterocycles. The predicted molar refractivity (Wildman–Crippen MR) is 131 cm³/mol. The van der Waals surface area contributed by atoms with Crippen molar-refractivity contribution in [3.63, 3.8) is 0 Å². The largest absolute Gasteiger partial charge is 0.484 e. The summed E-state index contributed by atoms with van der Waals surface area (Å²) in [4.78, 5) is 24.7. The highest BCUT2D eigenvalue weighted by Gasteiger charge is 2.18.